The maximum absolute atomic E-state index is 5.13. The van der Waals surface area contributed by atoms with Crippen molar-refractivity contribution in [2.75, 3.05) is 40.4 Å². The molecule has 0 saturated carbocycles. The lowest BCUT2D eigenvalue weighted by Crippen LogP contribution is -2.46. The molecule has 0 unspecified atom stereocenters. The molecule has 1 saturated heterocycles. The van der Waals surface area contributed by atoms with Crippen molar-refractivity contribution in [1.82, 2.24) is 0 Å². The van der Waals surface area contributed by atoms with Crippen LogP contribution in [0.15, 0.2) is 0 Å². The van der Waals surface area contributed by atoms with E-state index in [1.54, 1.807) is 7.11 Å². The van der Waals surface area contributed by atoms with Crippen LogP contribution in [-0.4, -0.2) is 44.9 Å². The lowest BCUT2D eigenvalue weighted by atomic mass is 10.2. The Kier molecular flexibility index (Phi) is 4.02. The lowest BCUT2D eigenvalue weighted by Gasteiger charge is -2.33. The molecule has 2 nitrogen and oxygen atoms in total. The molecule has 0 aromatic carbocycles. The molecule has 0 aliphatic carbocycles. The highest BCUT2D eigenvalue weighted by Crippen LogP contribution is 2.15. The van der Waals surface area contributed by atoms with E-state index in [4.69, 9.17) is 4.74 Å². The fourth-order valence-corrected chi connectivity index (χ4v) is 1.99. The third kappa shape index (κ3) is 3.11. The Morgan fingerprint density at radius 2 is 1.67 bits per heavy atom. The first-order valence-corrected chi connectivity index (χ1v) is 5.09. The number of hydrogen-bond acceptors (Lipinski definition) is 1. The summed E-state index contributed by atoms with van der Waals surface area (Å²) in [7, 11) is 4.16. The van der Waals surface area contributed by atoms with Crippen LogP contribution in [0.2, 0.25) is 0 Å². The van der Waals surface area contributed by atoms with Crippen molar-refractivity contribution in [2.24, 2.45) is 0 Å². The summed E-state index contributed by atoms with van der Waals surface area (Å²) < 4.78 is 6.36. The summed E-state index contributed by atoms with van der Waals surface area (Å²) in [6.45, 7) is 4.81. The van der Waals surface area contributed by atoms with E-state index in [2.05, 4.69) is 7.05 Å². The van der Waals surface area contributed by atoms with E-state index in [1.165, 1.54) is 49.8 Å². The van der Waals surface area contributed by atoms with Crippen molar-refractivity contribution in [3.05, 3.63) is 0 Å². The molecule has 2 heteroatoms. The van der Waals surface area contributed by atoms with E-state index in [0.29, 0.717) is 0 Å². The second-order valence-electron chi connectivity index (χ2n) is 4.20. The van der Waals surface area contributed by atoms with E-state index in [0.717, 1.165) is 6.61 Å². The molecule has 1 fully saturated rings. The fourth-order valence-electron chi connectivity index (χ4n) is 1.99. The van der Waals surface area contributed by atoms with Gasteiger partial charge >= 0.3 is 0 Å². The Morgan fingerprint density at radius 3 is 2.17 bits per heavy atom. The van der Waals surface area contributed by atoms with Crippen LogP contribution in [0.1, 0.15) is 25.7 Å². The lowest BCUT2D eigenvalue weighted by molar-refractivity contribution is -0.909. The average molecular weight is 172 g/mol. The maximum atomic E-state index is 5.13. The van der Waals surface area contributed by atoms with E-state index >= 15 is 0 Å². The van der Waals surface area contributed by atoms with Crippen LogP contribution in [0.25, 0.3) is 0 Å². The van der Waals surface area contributed by atoms with Crippen LogP contribution < -0.4 is 0 Å². The van der Waals surface area contributed by atoms with Crippen molar-refractivity contribution < 1.29 is 9.22 Å². The summed E-state index contributed by atoms with van der Waals surface area (Å²) in [4.78, 5) is 0. The van der Waals surface area contributed by atoms with Gasteiger partial charge in [0, 0.05) is 7.11 Å². The van der Waals surface area contributed by atoms with Gasteiger partial charge in [-0.2, -0.15) is 0 Å². The SMILES string of the molecule is COCC[N+]1(C)CCCCCC1. The van der Waals surface area contributed by atoms with Gasteiger partial charge in [-0.25, -0.2) is 0 Å². The van der Waals surface area contributed by atoms with Crippen LogP contribution in [-0.2, 0) is 4.74 Å². The molecule has 0 spiro atoms. The molecular formula is C10H22NO+. The Morgan fingerprint density at radius 1 is 1.08 bits per heavy atom. The molecule has 0 bridgehead atoms. The standard InChI is InChI=1S/C10H22NO/c1-11(9-10-12-2)7-5-3-4-6-8-11/h3-10H2,1-2H3/q+1. The number of nitrogens with zero attached hydrogens (tertiary/aromatic N) is 1. The third-order valence-electron chi connectivity index (χ3n) is 2.98. The molecule has 0 amide bonds. The summed E-state index contributed by atoms with van der Waals surface area (Å²) in [6, 6.07) is 0. The van der Waals surface area contributed by atoms with Crippen molar-refractivity contribution >= 4 is 0 Å². The van der Waals surface area contributed by atoms with Crippen molar-refractivity contribution in [3.63, 3.8) is 0 Å². The molecule has 0 aromatic heterocycles. The van der Waals surface area contributed by atoms with Crippen molar-refractivity contribution in [1.29, 1.82) is 0 Å². The first-order chi connectivity index (χ1) is 5.77. The van der Waals surface area contributed by atoms with Crippen LogP contribution >= 0.6 is 0 Å². The van der Waals surface area contributed by atoms with E-state index in [-0.39, 0.29) is 0 Å². The summed E-state index contributed by atoms with van der Waals surface area (Å²) in [5, 5.41) is 0. The largest absolute Gasteiger partial charge is 0.379 e. The first kappa shape index (κ1) is 10.0. The molecule has 0 radical (unpaired) electrons. The van der Waals surface area contributed by atoms with Crippen molar-refractivity contribution in [2.45, 2.75) is 25.7 Å². The highest BCUT2D eigenvalue weighted by atomic mass is 16.5. The van der Waals surface area contributed by atoms with Gasteiger partial charge in [-0.05, 0) is 25.7 Å². The molecule has 0 N–H and O–H groups in total. The number of ether oxygens (including phenoxy) is 1. The predicted molar refractivity (Wildman–Crippen MR) is 51.1 cm³/mol. The monoisotopic (exact) mass is 172 g/mol. The number of quaternary nitrogens is 1. The number of methoxy groups -OCH3 is 1. The summed E-state index contributed by atoms with van der Waals surface area (Å²) in [5.74, 6) is 0. The number of rotatable bonds is 3. The van der Waals surface area contributed by atoms with Crippen LogP contribution in [0.5, 0.6) is 0 Å². The molecule has 0 aromatic rings. The van der Waals surface area contributed by atoms with E-state index < -0.39 is 0 Å². The number of likely N-dealkylation sites (tertiary alicyclic amines) is 1. The Bertz CT molecular complexity index is 117. The van der Waals surface area contributed by atoms with Gasteiger partial charge in [-0.1, -0.05) is 0 Å². The van der Waals surface area contributed by atoms with Gasteiger partial charge in [0.15, 0.2) is 0 Å². The number of hydrogen-bond donors (Lipinski definition) is 0. The maximum Gasteiger partial charge on any atom is 0.102 e. The molecule has 1 heterocycles. The molecule has 0 atom stereocenters. The van der Waals surface area contributed by atoms with Gasteiger partial charge in [0.2, 0.25) is 0 Å². The van der Waals surface area contributed by atoms with Gasteiger partial charge in [-0.15, -0.1) is 0 Å². The average Bonchev–Trinajstić information content (AvgIpc) is 2.27. The molecule has 1 rings (SSSR count). The zero-order valence-corrected chi connectivity index (χ0v) is 8.51. The van der Waals surface area contributed by atoms with Gasteiger partial charge in [-0.3, -0.25) is 0 Å². The van der Waals surface area contributed by atoms with Gasteiger partial charge in [0.25, 0.3) is 0 Å². The van der Waals surface area contributed by atoms with Crippen LogP contribution in [0.3, 0.4) is 0 Å². The number of likely N-dealkylation sites (N-methyl/N-ethyl adjacent to an activating group) is 1. The second kappa shape index (κ2) is 4.83. The molecule has 12 heavy (non-hydrogen) atoms. The molecule has 1 aliphatic rings. The highest BCUT2D eigenvalue weighted by Gasteiger charge is 2.22. The zero-order valence-electron chi connectivity index (χ0n) is 8.51. The quantitative estimate of drug-likeness (QED) is 0.588. The topological polar surface area (TPSA) is 9.23 Å². The molecule has 1 aliphatic heterocycles. The van der Waals surface area contributed by atoms with Gasteiger partial charge in [0.05, 0.1) is 26.7 Å². The normalized spacial score (nSPS) is 23.5. The van der Waals surface area contributed by atoms with Gasteiger partial charge < -0.3 is 9.22 Å². The highest BCUT2D eigenvalue weighted by molar-refractivity contribution is 4.51. The molecule has 72 valence electrons. The Labute approximate surface area is 76.1 Å². The minimum atomic E-state index is 0.913. The van der Waals surface area contributed by atoms with E-state index in [9.17, 15) is 0 Å². The summed E-state index contributed by atoms with van der Waals surface area (Å²) in [5.41, 5.74) is 0. The Hall–Kier alpha value is -0.0800. The van der Waals surface area contributed by atoms with Crippen LogP contribution in [0.4, 0.5) is 0 Å². The van der Waals surface area contributed by atoms with E-state index in [1.807, 2.05) is 0 Å². The predicted octanol–water partition coefficient (Wildman–Crippen LogP) is 1.65. The minimum absolute atomic E-state index is 0.913. The zero-order chi connectivity index (χ0) is 8.86. The van der Waals surface area contributed by atoms with Crippen molar-refractivity contribution in [3.8, 4) is 0 Å². The summed E-state index contributed by atoms with van der Waals surface area (Å²) in [6.07, 6.45) is 5.67. The third-order valence-corrected chi connectivity index (χ3v) is 2.98. The summed E-state index contributed by atoms with van der Waals surface area (Å²) >= 11 is 0. The second-order valence-corrected chi connectivity index (χ2v) is 4.20. The molecular weight excluding hydrogens is 150 g/mol. The Balaban J connectivity index is 2.32. The smallest absolute Gasteiger partial charge is 0.102 e. The fraction of sp³-hybridized carbons (Fsp3) is 1.00. The first-order valence-electron chi connectivity index (χ1n) is 5.09. The van der Waals surface area contributed by atoms with Crippen LogP contribution in [0, 0.1) is 0 Å². The van der Waals surface area contributed by atoms with Gasteiger partial charge in [0.1, 0.15) is 6.54 Å². The minimum Gasteiger partial charge on any atom is -0.379 e.